The molecule has 0 fully saturated rings. The molecule has 0 aliphatic rings. The molecule has 62 valence electrons. The van der Waals surface area contributed by atoms with Gasteiger partial charge in [0.25, 0.3) is 0 Å². The number of halogens is 1. The van der Waals surface area contributed by atoms with Crippen LogP contribution in [-0.4, -0.2) is 24.8 Å². The maximum absolute atomic E-state index is 13.6. The molecule has 1 atom stereocenters. The lowest BCUT2D eigenvalue weighted by Gasteiger charge is -2.39. The van der Waals surface area contributed by atoms with Gasteiger partial charge in [0.1, 0.15) is 0 Å². The summed E-state index contributed by atoms with van der Waals surface area (Å²) in [5.41, 5.74) is -0.323. The van der Waals surface area contributed by atoms with E-state index in [9.17, 15) is 4.39 Å². The van der Waals surface area contributed by atoms with Gasteiger partial charge in [-0.2, -0.15) is 0 Å². The van der Waals surface area contributed by atoms with Crippen molar-refractivity contribution < 1.29 is 4.39 Å². The predicted molar refractivity (Wildman–Crippen MR) is 42.7 cm³/mol. The van der Waals surface area contributed by atoms with Crippen molar-refractivity contribution in [2.45, 2.75) is 33.5 Å². The van der Waals surface area contributed by atoms with E-state index in [-0.39, 0.29) is 5.41 Å². The topological polar surface area (TPSA) is 3.24 Å². The van der Waals surface area contributed by atoms with E-state index < -0.39 is 5.79 Å². The summed E-state index contributed by atoms with van der Waals surface area (Å²) < 4.78 is 13.6. The number of nitrogens with zero attached hydrogens (tertiary/aromatic N) is 1. The van der Waals surface area contributed by atoms with Crippen molar-refractivity contribution in [1.82, 2.24) is 4.90 Å². The number of hydrogen-bond acceptors (Lipinski definition) is 1. The molecule has 0 aromatic heterocycles. The summed E-state index contributed by atoms with van der Waals surface area (Å²) in [5, 5.41) is 0. The molecule has 0 aliphatic heterocycles. The molecule has 0 saturated carbocycles. The third-order valence-corrected chi connectivity index (χ3v) is 2.21. The van der Waals surface area contributed by atoms with E-state index in [1.165, 1.54) is 0 Å². The van der Waals surface area contributed by atoms with E-state index in [2.05, 4.69) is 0 Å². The fourth-order valence-electron chi connectivity index (χ4n) is 0.671. The zero-order valence-corrected chi connectivity index (χ0v) is 7.83. The molecule has 1 nitrogen and oxygen atoms in total. The molecule has 10 heavy (non-hydrogen) atoms. The minimum Gasteiger partial charge on any atom is -0.277 e. The van der Waals surface area contributed by atoms with E-state index in [1.807, 2.05) is 20.8 Å². The predicted octanol–water partition coefficient (Wildman–Crippen LogP) is 2.28. The zero-order valence-electron chi connectivity index (χ0n) is 7.83. The Bertz CT molecular complexity index is 111. The Morgan fingerprint density at radius 3 is 1.30 bits per heavy atom. The van der Waals surface area contributed by atoms with Gasteiger partial charge in [0.2, 0.25) is 0 Å². The second-order valence-electron chi connectivity index (χ2n) is 4.10. The lowest BCUT2D eigenvalue weighted by molar-refractivity contribution is -0.0737. The van der Waals surface area contributed by atoms with Crippen molar-refractivity contribution in [1.29, 1.82) is 0 Å². The van der Waals surface area contributed by atoms with Crippen molar-refractivity contribution in [3.63, 3.8) is 0 Å². The molecule has 0 bridgehead atoms. The van der Waals surface area contributed by atoms with Crippen molar-refractivity contribution in [2.24, 2.45) is 5.41 Å². The van der Waals surface area contributed by atoms with E-state index in [1.54, 1.807) is 25.9 Å². The summed E-state index contributed by atoms with van der Waals surface area (Å²) in [6.07, 6.45) is 0. The second kappa shape index (κ2) is 2.50. The van der Waals surface area contributed by atoms with E-state index in [0.717, 1.165) is 0 Å². The third-order valence-electron chi connectivity index (χ3n) is 2.21. The summed E-state index contributed by atoms with van der Waals surface area (Å²) in [7, 11) is 3.51. The van der Waals surface area contributed by atoms with Gasteiger partial charge < -0.3 is 0 Å². The van der Waals surface area contributed by atoms with Gasteiger partial charge in [-0.15, -0.1) is 0 Å². The molecule has 2 heteroatoms. The Balaban J connectivity index is 4.40. The fraction of sp³-hybridized carbons (Fsp3) is 1.00. The highest BCUT2D eigenvalue weighted by atomic mass is 19.1. The molecular formula is C8H18FN. The smallest absolute Gasteiger partial charge is 0.165 e. The second-order valence-corrected chi connectivity index (χ2v) is 4.10. The van der Waals surface area contributed by atoms with Crippen LogP contribution in [0.2, 0.25) is 0 Å². The standard InChI is InChI=1S/C8H18FN/c1-7(2,3)8(4,9)10(5)6/h1-6H3. The first kappa shape index (κ1) is 9.89. The van der Waals surface area contributed by atoms with Crippen LogP contribution in [0.25, 0.3) is 0 Å². The van der Waals surface area contributed by atoms with Crippen LogP contribution in [0.4, 0.5) is 4.39 Å². The summed E-state index contributed by atoms with van der Waals surface area (Å²) in [4.78, 5) is 1.60. The van der Waals surface area contributed by atoms with Gasteiger partial charge >= 0.3 is 0 Å². The first-order chi connectivity index (χ1) is 4.19. The summed E-state index contributed by atoms with van der Waals surface area (Å²) in [5.74, 6) is -1.23. The van der Waals surface area contributed by atoms with Crippen molar-refractivity contribution in [3.8, 4) is 0 Å². The third kappa shape index (κ3) is 1.69. The zero-order chi connectivity index (χ0) is 8.58. The van der Waals surface area contributed by atoms with Crippen LogP contribution < -0.4 is 0 Å². The molecule has 0 radical (unpaired) electrons. The lowest BCUT2D eigenvalue weighted by atomic mass is 9.85. The van der Waals surface area contributed by atoms with Crippen molar-refractivity contribution >= 4 is 0 Å². The fourth-order valence-corrected chi connectivity index (χ4v) is 0.671. The molecule has 0 amide bonds. The summed E-state index contributed by atoms with van der Waals surface area (Å²) >= 11 is 0. The van der Waals surface area contributed by atoms with Crippen LogP contribution in [0.3, 0.4) is 0 Å². The van der Waals surface area contributed by atoms with Gasteiger partial charge in [0.15, 0.2) is 5.79 Å². The normalized spacial score (nSPS) is 19.2. The Hall–Kier alpha value is -0.110. The molecular weight excluding hydrogens is 129 g/mol. The molecule has 0 rings (SSSR count). The molecule has 0 heterocycles. The minimum atomic E-state index is -1.23. The highest BCUT2D eigenvalue weighted by molar-refractivity contribution is 4.83. The molecule has 1 unspecified atom stereocenters. The van der Waals surface area contributed by atoms with Gasteiger partial charge in [-0.3, -0.25) is 4.90 Å². The average Bonchev–Trinajstić information content (AvgIpc) is 1.62. The maximum atomic E-state index is 13.6. The molecule has 0 aromatic carbocycles. The summed E-state index contributed by atoms with van der Waals surface area (Å²) in [6.45, 7) is 7.29. The molecule has 0 saturated heterocycles. The van der Waals surface area contributed by atoms with Crippen LogP contribution in [0.1, 0.15) is 27.7 Å². The molecule has 0 aromatic rings. The van der Waals surface area contributed by atoms with E-state index in [0.29, 0.717) is 0 Å². The van der Waals surface area contributed by atoms with Gasteiger partial charge in [-0.25, -0.2) is 4.39 Å². The maximum Gasteiger partial charge on any atom is 0.165 e. The van der Waals surface area contributed by atoms with Gasteiger partial charge in [-0.1, -0.05) is 20.8 Å². The quantitative estimate of drug-likeness (QED) is 0.514. The first-order valence-corrected chi connectivity index (χ1v) is 3.56. The number of rotatable bonds is 1. The van der Waals surface area contributed by atoms with Crippen LogP contribution in [0.5, 0.6) is 0 Å². The highest BCUT2D eigenvalue weighted by Crippen LogP contribution is 2.34. The van der Waals surface area contributed by atoms with Gasteiger partial charge in [-0.05, 0) is 21.0 Å². The minimum absolute atomic E-state index is 0.323. The Morgan fingerprint density at radius 2 is 1.30 bits per heavy atom. The van der Waals surface area contributed by atoms with Crippen LogP contribution in [-0.2, 0) is 0 Å². The van der Waals surface area contributed by atoms with E-state index in [4.69, 9.17) is 0 Å². The largest absolute Gasteiger partial charge is 0.277 e. The Labute approximate surface area is 63.2 Å². The van der Waals surface area contributed by atoms with Crippen molar-refractivity contribution in [3.05, 3.63) is 0 Å². The lowest BCUT2D eigenvalue weighted by Crippen LogP contribution is -2.47. The number of hydrogen-bond donors (Lipinski definition) is 0. The Kier molecular flexibility index (Phi) is 2.47. The first-order valence-electron chi connectivity index (χ1n) is 3.56. The van der Waals surface area contributed by atoms with Crippen LogP contribution in [0.15, 0.2) is 0 Å². The van der Waals surface area contributed by atoms with Crippen molar-refractivity contribution in [2.75, 3.05) is 14.1 Å². The van der Waals surface area contributed by atoms with E-state index >= 15 is 0 Å². The van der Waals surface area contributed by atoms with Gasteiger partial charge in [0, 0.05) is 5.41 Å². The molecule has 0 N–H and O–H groups in total. The summed E-state index contributed by atoms with van der Waals surface area (Å²) in [6, 6.07) is 0. The SMILES string of the molecule is CN(C)C(C)(F)C(C)(C)C. The monoisotopic (exact) mass is 147 g/mol. The molecule has 0 spiro atoms. The number of alkyl halides is 1. The Morgan fingerprint density at radius 1 is 1.00 bits per heavy atom. The van der Waals surface area contributed by atoms with Gasteiger partial charge in [0.05, 0.1) is 0 Å². The average molecular weight is 147 g/mol. The van der Waals surface area contributed by atoms with Crippen LogP contribution in [0, 0.1) is 5.41 Å². The van der Waals surface area contributed by atoms with Crippen LogP contribution >= 0.6 is 0 Å². The highest BCUT2D eigenvalue weighted by Gasteiger charge is 2.39. The molecule has 0 aliphatic carbocycles.